The third kappa shape index (κ3) is 3.88. The van der Waals surface area contributed by atoms with Gasteiger partial charge in [-0.15, -0.1) is 0 Å². The Kier molecular flexibility index (Phi) is 5.27. The Morgan fingerprint density at radius 2 is 1.77 bits per heavy atom. The summed E-state index contributed by atoms with van der Waals surface area (Å²) >= 11 is 5.35. The van der Waals surface area contributed by atoms with E-state index in [-0.39, 0.29) is 16.7 Å². The summed E-state index contributed by atoms with van der Waals surface area (Å²) in [5.74, 6) is -0.282. The molecule has 1 saturated carbocycles. The zero-order valence-corrected chi connectivity index (χ0v) is 14.9. The van der Waals surface area contributed by atoms with Crippen LogP contribution >= 0.6 is 12.2 Å². The molecule has 0 radical (unpaired) electrons. The number of non-ortho nitro benzene ring substituents is 1. The monoisotopic (exact) mass is 369 g/mol. The van der Waals surface area contributed by atoms with Crippen molar-refractivity contribution in [3.8, 4) is 0 Å². The Balaban J connectivity index is 1.78. The molecular weight excluding hydrogens is 350 g/mol. The van der Waals surface area contributed by atoms with E-state index in [0.29, 0.717) is 5.56 Å². The van der Waals surface area contributed by atoms with Crippen LogP contribution in [0.5, 0.6) is 0 Å². The summed E-state index contributed by atoms with van der Waals surface area (Å²) in [4.78, 5) is 23.0. The van der Waals surface area contributed by atoms with Crippen molar-refractivity contribution in [1.29, 1.82) is 0 Å². The van der Waals surface area contributed by atoms with E-state index in [2.05, 4.69) is 10.6 Å². The molecule has 0 spiro atoms. The largest absolute Gasteiger partial charge is 0.353 e. The van der Waals surface area contributed by atoms with Gasteiger partial charge in [-0.05, 0) is 42.8 Å². The van der Waals surface area contributed by atoms with Gasteiger partial charge in [-0.2, -0.15) is 0 Å². The summed E-state index contributed by atoms with van der Waals surface area (Å²) in [7, 11) is 0. The van der Waals surface area contributed by atoms with Gasteiger partial charge >= 0.3 is 0 Å². The number of carbonyl (C=O) groups excluding carboxylic acids is 1. The summed E-state index contributed by atoms with van der Waals surface area (Å²) in [6.45, 7) is 0. The van der Waals surface area contributed by atoms with Crippen molar-refractivity contribution in [2.24, 2.45) is 0 Å². The second-order valence-electron chi connectivity index (χ2n) is 6.37. The molecule has 7 heteroatoms. The van der Waals surface area contributed by atoms with E-state index in [1.54, 1.807) is 36.4 Å². The summed E-state index contributed by atoms with van der Waals surface area (Å²) in [5, 5.41) is 17.3. The lowest BCUT2D eigenvalue weighted by Crippen LogP contribution is -2.49. The lowest BCUT2D eigenvalue weighted by Gasteiger charge is -2.32. The summed E-state index contributed by atoms with van der Waals surface area (Å²) in [5.41, 5.74) is 0.898. The smallest absolute Gasteiger partial charge is 0.269 e. The summed E-state index contributed by atoms with van der Waals surface area (Å²) < 4.78 is 0. The van der Waals surface area contributed by atoms with Crippen LogP contribution in [0.2, 0.25) is 0 Å². The van der Waals surface area contributed by atoms with Crippen LogP contribution in [0.3, 0.4) is 0 Å². The number of hydrogen-bond donors (Lipinski definition) is 2. The third-order valence-electron chi connectivity index (χ3n) is 4.68. The zero-order valence-electron chi connectivity index (χ0n) is 14.1. The van der Waals surface area contributed by atoms with Gasteiger partial charge in [0.15, 0.2) is 5.11 Å². The molecule has 134 valence electrons. The Bertz CT molecular complexity index is 833. The number of thiocarbonyl (C=S) groups is 1. The van der Waals surface area contributed by atoms with Crippen LogP contribution < -0.4 is 10.6 Å². The number of amides is 1. The number of nitro benzene ring substituents is 1. The fourth-order valence-corrected chi connectivity index (χ4v) is 3.68. The second-order valence-corrected chi connectivity index (χ2v) is 6.78. The molecule has 1 aliphatic rings. The maximum Gasteiger partial charge on any atom is 0.269 e. The van der Waals surface area contributed by atoms with Crippen molar-refractivity contribution in [3.05, 3.63) is 75.8 Å². The van der Waals surface area contributed by atoms with Crippen LogP contribution in [-0.2, 0) is 5.54 Å². The maximum absolute atomic E-state index is 12.3. The van der Waals surface area contributed by atoms with E-state index in [4.69, 9.17) is 12.2 Å². The lowest BCUT2D eigenvalue weighted by molar-refractivity contribution is -0.385. The number of hydrogen-bond acceptors (Lipinski definition) is 4. The predicted octanol–water partition coefficient (Wildman–Crippen LogP) is 3.67. The van der Waals surface area contributed by atoms with E-state index < -0.39 is 10.5 Å². The van der Waals surface area contributed by atoms with Crippen molar-refractivity contribution < 1.29 is 9.72 Å². The fraction of sp³-hybridized carbons (Fsp3) is 0.263. The van der Waals surface area contributed by atoms with E-state index in [1.165, 1.54) is 6.07 Å². The summed E-state index contributed by atoms with van der Waals surface area (Å²) in [6.07, 6.45) is 3.58. The van der Waals surface area contributed by atoms with Crippen LogP contribution in [0.25, 0.3) is 0 Å². The third-order valence-corrected chi connectivity index (χ3v) is 4.89. The Hall–Kier alpha value is -2.80. The molecule has 0 bridgehead atoms. The number of nitro groups is 1. The average molecular weight is 369 g/mol. The zero-order chi connectivity index (χ0) is 18.6. The van der Waals surface area contributed by atoms with Gasteiger partial charge in [0.1, 0.15) is 0 Å². The van der Waals surface area contributed by atoms with Gasteiger partial charge in [0, 0.05) is 17.7 Å². The SMILES string of the molecule is O=C(NC(=S)NC1(c2cccc([N+](=O)[O-])c2)CCCC1)c1ccccc1. The average Bonchev–Trinajstić information content (AvgIpc) is 3.12. The maximum atomic E-state index is 12.3. The molecule has 0 aliphatic heterocycles. The molecule has 0 saturated heterocycles. The number of nitrogens with one attached hydrogen (secondary N) is 2. The minimum absolute atomic E-state index is 0.0508. The Labute approximate surface area is 156 Å². The Morgan fingerprint density at radius 3 is 2.42 bits per heavy atom. The second kappa shape index (κ2) is 7.61. The fourth-order valence-electron chi connectivity index (χ4n) is 3.39. The van der Waals surface area contributed by atoms with Gasteiger partial charge in [0.05, 0.1) is 10.5 Å². The first-order valence-electron chi connectivity index (χ1n) is 8.44. The van der Waals surface area contributed by atoms with Crippen molar-refractivity contribution in [2.45, 2.75) is 31.2 Å². The minimum Gasteiger partial charge on any atom is -0.353 e. The van der Waals surface area contributed by atoms with E-state index >= 15 is 0 Å². The highest BCUT2D eigenvalue weighted by Crippen LogP contribution is 2.39. The van der Waals surface area contributed by atoms with Crippen LogP contribution in [0.15, 0.2) is 54.6 Å². The Morgan fingerprint density at radius 1 is 1.08 bits per heavy atom. The van der Waals surface area contributed by atoms with Crippen molar-refractivity contribution >= 4 is 28.9 Å². The van der Waals surface area contributed by atoms with E-state index in [1.807, 2.05) is 12.1 Å². The highest BCUT2D eigenvalue weighted by Gasteiger charge is 2.37. The molecule has 2 N–H and O–H groups in total. The molecule has 1 aliphatic carbocycles. The molecule has 0 aromatic heterocycles. The van der Waals surface area contributed by atoms with Gasteiger partial charge < -0.3 is 5.32 Å². The number of nitrogens with zero attached hydrogens (tertiary/aromatic N) is 1. The van der Waals surface area contributed by atoms with E-state index in [0.717, 1.165) is 31.2 Å². The highest BCUT2D eigenvalue weighted by atomic mass is 32.1. The molecule has 26 heavy (non-hydrogen) atoms. The predicted molar refractivity (Wildman–Crippen MR) is 103 cm³/mol. The van der Waals surface area contributed by atoms with Crippen LogP contribution in [0, 0.1) is 10.1 Å². The van der Waals surface area contributed by atoms with Crippen LogP contribution in [0.1, 0.15) is 41.6 Å². The van der Waals surface area contributed by atoms with Gasteiger partial charge in [-0.25, -0.2) is 0 Å². The molecule has 2 aromatic carbocycles. The normalized spacial score (nSPS) is 15.2. The van der Waals surface area contributed by atoms with Gasteiger partial charge in [0.2, 0.25) is 0 Å². The van der Waals surface area contributed by atoms with Crippen LogP contribution in [0.4, 0.5) is 5.69 Å². The molecule has 0 atom stereocenters. The molecule has 1 amide bonds. The molecule has 0 unspecified atom stereocenters. The van der Waals surface area contributed by atoms with E-state index in [9.17, 15) is 14.9 Å². The van der Waals surface area contributed by atoms with Crippen LogP contribution in [-0.4, -0.2) is 15.9 Å². The molecular formula is C19H19N3O3S. The first kappa shape index (κ1) is 18.0. The summed E-state index contributed by atoms with van der Waals surface area (Å²) in [6, 6.07) is 15.4. The lowest BCUT2D eigenvalue weighted by atomic mass is 9.88. The highest BCUT2D eigenvalue weighted by molar-refractivity contribution is 7.80. The number of benzene rings is 2. The molecule has 0 heterocycles. The molecule has 3 rings (SSSR count). The minimum atomic E-state index is -0.493. The number of carbonyl (C=O) groups is 1. The topological polar surface area (TPSA) is 84.3 Å². The van der Waals surface area contributed by atoms with Crippen molar-refractivity contribution in [1.82, 2.24) is 10.6 Å². The quantitative estimate of drug-likeness (QED) is 0.488. The number of rotatable bonds is 4. The van der Waals surface area contributed by atoms with Gasteiger partial charge in [0.25, 0.3) is 11.6 Å². The van der Waals surface area contributed by atoms with Crippen molar-refractivity contribution in [2.75, 3.05) is 0 Å². The first-order valence-corrected chi connectivity index (χ1v) is 8.84. The molecule has 2 aromatic rings. The van der Waals surface area contributed by atoms with Gasteiger partial charge in [-0.3, -0.25) is 20.2 Å². The molecule has 1 fully saturated rings. The van der Waals surface area contributed by atoms with Gasteiger partial charge in [-0.1, -0.05) is 43.2 Å². The standard InChI is InChI=1S/C19H19N3O3S/c23-17(14-7-2-1-3-8-14)20-18(26)21-19(11-4-5-12-19)15-9-6-10-16(13-15)22(24)25/h1-3,6-10,13H,4-5,11-12H2,(H2,20,21,23,26). The van der Waals surface area contributed by atoms with Crippen molar-refractivity contribution in [3.63, 3.8) is 0 Å². The molecule has 6 nitrogen and oxygen atoms in total. The first-order chi connectivity index (χ1) is 12.5.